The molecule has 0 fully saturated rings. The van der Waals surface area contributed by atoms with Crippen LogP contribution in [-0.2, 0) is 0 Å². The highest BCUT2D eigenvalue weighted by molar-refractivity contribution is 7.20. The minimum atomic E-state index is -1.83. The second-order valence-electron chi connectivity index (χ2n) is 6.40. The zero-order valence-corrected chi connectivity index (χ0v) is 15.2. The van der Waals surface area contributed by atoms with Gasteiger partial charge in [-0.2, -0.15) is 11.1 Å². The van der Waals surface area contributed by atoms with Crippen molar-refractivity contribution in [3.63, 3.8) is 0 Å². The number of halogens is 1. The van der Waals surface area contributed by atoms with Gasteiger partial charge >= 0.3 is 0 Å². The lowest BCUT2D eigenvalue weighted by Crippen LogP contribution is -2.28. The van der Waals surface area contributed by atoms with E-state index in [-0.39, 0.29) is 0 Å². The highest BCUT2D eigenvalue weighted by Crippen LogP contribution is 2.48. The predicted molar refractivity (Wildman–Crippen MR) is 98.2 cm³/mol. The number of benzene rings is 2. The van der Waals surface area contributed by atoms with Gasteiger partial charge in [-0.05, 0) is 29.7 Å². The molecule has 1 nitrogen and oxygen atoms in total. The Bertz CT molecular complexity index is 729. The fourth-order valence-corrected chi connectivity index (χ4v) is 6.59. The zero-order valence-electron chi connectivity index (χ0n) is 13.5. The summed E-state index contributed by atoms with van der Waals surface area (Å²) < 4.78 is 5.63. The Labute approximate surface area is 138 Å². The lowest BCUT2D eigenvalue weighted by atomic mass is 9.96. The Hall–Kier alpha value is -1.51. The van der Waals surface area contributed by atoms with E-state index in [9.17, 15) is 0 Å². The molecule has 2 aromatic carbocycles. The molecule has 3 heteroatoms. The fraction of sp³-hybridized carbons (Fsp3) is 0.263. The molecule has 114 valence electrons. The maximum atomic E-state index is 6.80. The summed E-state index contributed by atoms with van der Waals surface area (Å²) in [4.78, 5) is 0. The predicted octanol–water partition coefficient (Wildman–Crippen LogP) is 5.85. The van der Waals surface area contributed by atoms with Gasteiger partial charge in [-0.25, -0.2) is 0 Å². The molecule has 0 saturated heterocycles. The van der Waals surface area contributed by atoms with Gasteiger partial charge in [0, 0.05) is 11.1 Å². The van der Waals surface area contributed by atoms with Crippen LogP contribution in [0.25, 0.3) is 17.2 Å². The number of hydrogen-bond donors (Lipinski definition) is 0. The molecular formula is C19H21ClOSi. The van der Waals surface area contributed by atoms with Gasteiger partial charge in [0.2, 0.25) is 0 Å². The second kappa shape index (κ2) is 5.60. The van der Waals surface area contributed by atoms with E-state index >= 15 is 0 Å². The number of allylic oxidation sites excluding steroid dienone is 1. The molecule has 0 bridgehead atoms. The molecule has 2 aromatic rings. The van der Waals surface area contributed by atoms with Crippen LogP contribution in [0.1, 0.15) is 23.6 Å². The SMILES string of the molecule is COc1ccc2c(c1-c1ccccc1)C=C(C)C2[Si](C)(C)Cl. The summed E-state index contributed by atoms with van der Waals surface area (Å²) in [5.74, 6) is 0.920. The summed E-state index contributed by atoms with van der Waals surface area (Å²) in [7, 11) is -0.0933. The minimum absolute atomic E-state index is 0.373. The zero-order chi connectivity index (χ0) is 15.9. The topological polar surface area (TPSA) is 9.23 Å². The molecule has 0 radical (unpaired) electrons. The first-order valence-electron chi connectivity index (χ1n) is 7.57. The third-order valence-electron chi connectivity index (χ3n) is 4.35. The molecule has 1 aliphatic carbocycles. The van der Waals surface area contributed by atoms with Crippen molar-refractivity contribution in [2.45, 2.75) is 25.6 Å². The molecule has 1 aliphatic rings. The maximum Gasteiger partial charge on any atom is 0.161 e. The molecule has 0 aliphatic heterocycles. The Balaban J connectivity index is 2.27. The smallest absolute Gasteiger partial charge is 0.161 e. The van der Waals surface area contributed by atoms with Crippen molar-refractivity contribution < 1.29 is 4.74 Å². The number of fused-ring (bicyclic) bond motifs is 1. The second-order valence-corrected chi connectivity index (χ2v) is 13.0. The van der Waals surface area contributed by atoms with Gasteiger partial charge in [-0.1, -0.05) is 61.1 Å². The van der Waals surface area contributed by atoms with E-state index in [0.29, 0.717) is 5.54 Å². The van der Waals surface area contributed by atoms with Crippen LogP contribution in [0.3, 0.4) is 0 Å². The lowest BCUT2D eigenvalue weighted by Gasteiger charge is -2.25. The van der Waals surface area contributed by atoms with Crippen LogP contribution in [0.2, 0.25) is 13.1 Å². The summed E-state index contributed by atoms with van der Waals surface area (Å²) in [5, 5.41) is 0. The molecule has 1 atom stereocenters. The van der Waals surface area contributed by atoms with E-state index < -0.39 is 7.38 Å². The Morgan fingerprint density at radius 1 is 1.05 bits per heavy atom. The van der Waals surface area contributed by atoms with Crippen molar-refractivity contribution >= 4 is 24.5 Å². The number of hydrogen-bond acceptors (Lipinski definition) is 1. The molecule has 0 N–H and O–H groups in total. The van der Waals surface area contributed by atoms with Gasteiger partial charge in [-0.3, -0.25) is 0 Å². The quantitative estimate of drug-likeness (QED) is 0.507. The van der Waals surface area contributed by atoms with Crippen LogP contribution >= 0.6 is 11.1 Å². The fourth-order valence-electron chi connectivity index (χ4n) is 3.56. The first kappa shape index (κ1) is 15.4. The molecule has 1 unspecified atom stereocenters. The van der Waals surface area contributed by atoms with Gasteiger partial charge in [0.1, 0.15) is 5.75 Å². The molecule has 0 amide bonds. The summed E-state index contributed by atoms with van der Waals surface area (Å²) in [6.07, 6.45) is 2.29. The average Bonchev–Trinajstić information content (AvgIpc) is 2.82. The summed E-state index contributed by atoms with van der Waals surface area (Å²) in [5.41, 5.74) is 6.73. The van der Waals surface area contributed by atoms with Gasteiger partial charge < -0.3 is 4.74 Å². The molecule has 0 heterocycles. The van der Waals surface area contributed by atoms with Gasteiger partial charge in [0.15, 0.2) is 7.38 Å². The van der Waals surface area contributed by atoms with E-state index in [1.165, 1.54) is 27.8 Å². The van der Waals surface area contributed by atoms with Crippen LogP contribution in [0.4, 0.5) is 0 Å². The molecule has 22 heavy (non-hydrogen) atoms. The van der Waals surface area contributed by atoms with Crippen molar-refractivity contribution in [3.8, 4) is 16.9 Å². The van der Waals surface area contributed by atoms with Crippen LogP contribution in [0, 0.1) is 0 Å². The third kappa shape index (κ3) is 2.51. The molecule has 0 spiro atoms. The minimum Gasteiger partial charge on any atom is -0.496 e. The van der Waals surface area contributed by atoms with Gasteiger partial charge in [0.25, 0.3) is 0 Å². The summed E-state index contributed by atoms with van der Waals surface area (Å²) in [6, 6.07) is 14.7. The monoisotopic (exact) mass is 328 g/mol. The van der Waals surface area contributed by atoms with E-state index in [2.05, 4.69) is 62.5 Å². The van der Waals surface area contributed by atoms with Crippen LogP contribution < -0.4 is 4.74 Å². The summed E-state index contributed by atoms with van der Waals surface area (Å²) in [6.45, 7) is 6.64. The van der Waals surface area contributed by atoms with Crippen LogP contribution in [0.15, 0.2) is 48.0 Å². The largest absolute Gasteiger partial charge is 0.496 e. The maximum absolute atomic E-state index is 6.80. The number of methoxy groups -OCH3 is 1. The number of rotatable bonds is 3. The van der Waals surface area contributed by atoms with E-state index in [4.69, 9.17) is 15.8 Å². The normalized spacial score (nSPS) is 17.1. The van der Waals surface area contributed by atoms with Gasteiger partial charge in [0.05, 0.1) is 7.11 Å². The van der Waals surface area contributed by atoms with Gasteiger partial charge in [-0.15, -0.1) is 0 Å². The molecule has 3 rings (SSSR count). The highest BCUT2D eigenvalue weighted by Gasteiger charge is 2.38. The third-order valence-corrected chi connectivity index (χ3v) is 7.14. The molecule has 0 saturated carbocycles. The van der Waals surface area contributed by atoms with Crippen molar-refractivity contribution in [1.82, 2.24) is 0 Å². The molecular weight excluding hydrogens is 308 g/mol. The van der Waals surface area contributed by atoms with Crippen molar-refractivity contribution in [2.75, 3.05) is 7.11 Å². The van der Waals surface area contributed by atoms with Crippen molar-refractivity contribution in [3.05, 3.63) is 59.2 Å². The Morgan fingerprint density at radius 3 is 2.32 bits per heavy atom. The first-order valence-corrected chi connectivity index (χ1v) is 11.7. The standard InChI is InChI=1S/C19H21ClOSi/c1-13-12-16-15(19(13)22(3,4)20)10-11-17(21-2)18(16)14-8-6-5-7-9-14/h5-12,19H,1-4H3. The van der Waals surface area contributed by atoms with Crippen molar-refractivity contribution in [1.29, 1.82) is 0 Å². The van der Waals surface area contributed by atoms with Crippen molar-refractivity contribution in [2.24, 2.45) is 0 Å². The number of ether oxygens (including phenoxy) is 1. The first-order chi connectivity index (χ1) is 10.4. The summed E-state index contributed by atoms with van der Waals surface area (Å²) >= 11 is 6.80. The molecule has 0 aromatic heterocycles. The van der Waals surface area contributed by atoms with E-state index in [0.717, 1.165) is 5.75 Å². The Kier molecular flexibility index (Phi) is 3.92. The lowest BCUT2D eigenvalue weighted by molar-refractivity contribution is 0.416. The average molecular weight is 329 g/mol. The van der Waals surface area contributed by atoms with E-state index in [1.54, 1.807) is 7.11 Å². The van der Waals surface area contributed by atoms with E-state index in [1.807, 2.05) is 6.07 Å². The highest BCUT2D eigenvalue weighted by atomic mass is 35.6. The van der Waals surface area contributed by atoms with Crippen LogP contribution in [-0.4, -0.2) is 14.5 Å². The van der Waals surface area contributed by atoms with Crippen LogP contribution in [0.5, 0.6) is 5.75 Å². The Morgan fingerprint density at radius 2 is 1.73 bits per heavy atom.